The van der Waals surface area contributed by atoms with Gasteiger partial charge in [0.15, 0.2) is 0 Å². The van der Waals surface area contributed by atoms with E-state index in [9.17, 15) is 0 Å². The SMILES string of the molecule is CC1(C)c2ccccc2-n2ccc3ccc(Br)c1c32. The molecule has 1 aliphatic heterocycles. The molecule has 2 heteroatoms. The highest BCUT2D eigenvalue weighted by molar-refractivity contribution is 9.10. The van der Waals surface area contributed by atoms with Crippen LogP contribution in [0, 0.1) is 0 Å². The Hall–Kier alpha value is -1.54. The molecule has 0 fully saturated rings. The predicted molar refractivity (Wildman–Crippen MR) is 83.1 cm³/mol. The molecule has 1 aromatic heterocycles. The van der Waals surface area contributed by atoms with E-state index in [2.05, 4.69) is 83.0 Å². The first-order valence-electron chi connectivity index (χ1n) is 6.50. The summed E-state index contributed by atoms with van der Waals surface area (Å²) < 4.78 is 3.51. The topological polar surface area (TPSA) is 4.93 Å². The molecule has 4 rings (SSSR count). The van der Waals surface area contributed by atoms with Crippen LogP contribution in [0.1, 0.15) is 25.0 Å². The van der Waals surface area contributed by atoms with Crippen LogP contribution >= 0.6 is 15.9 Å². The Labute approximate surface area is 121 Å². The molecule has 2 aromatic carbocycles. The van der Waals surface area contributed by atoms with Crippen molar-refractivity contribution in [2.24, 2.45) is 0 Å². The summed E-state index contributed by atoms with van der Waals surface area (Å²) in [7, 11) is 0. The average molecular weight is 312 g/mol. The lowest BCUT2D eigenvalue weighted by atomic mass is 9.75. The van der Waals surface area contributed by atoms with Crippen LogP contribution in [0.2, 0.25) is 0 Å². The van der Waals surface area contributed by atoms with Crippen LogP contribution in [-0.4, -0.2) is 4.57 Å². The molecule has 1 aliphatic rings. The highest BCUT2D eigenvalue weighted by Gasteiger charge is 2.34. The molecular weight excluding hydrogens is 298 g/mol. The summed E-state index contributed by atoms with van der Waals surface area (Å²) in [5.74, 6) is 0. The van der Waals surface area contributed by atoms with E-state index in [1.165, 1.54) is 32.2 Å². The first kappa shape index (κ1) is 11.3. The van der Waals surface area contributed by atoms with Crippen molar-refractivity contribution >= 4 is 26.8 Å². The van der Waals surface area contributed by atoms with Crippen molar-refractivity contribution in [3.05, 3.63) is 64.3 Å². The standard InChI is InChI=1S/C17H14BrN/c1-17(2)12-5-3-4-6-14(12)19-10-9-11-7-8-13(18)15(17)16(11)19/h3-10H,1-2H3. The summed E-state index contributed by atoms with van der Waals surface area (Å²) in [6.07, 6.45) is 2.18. The second-order valence-electron chi connectivity index (χ2n) is 5.69. The fourth-order valence-corrected chi connectivity index (χ4v) is 4.16. The minimum absolute atomic E-state index is 0.0172. The number of rotatable bonds is 0. The van der Waals surface area contributed by atoms with Gasteiger partial charge in [-0.2, -0.15) is 0 Å². The van der Waals surface area contributed by atoms with Gasteiger partial charge in [-0.25, -0.2) is 0 Å². The van der Waals surface area contributed by atoms with Crippen molar-refractivity contribution in [1.29, 1.82) is 0 Å². The van der Waals surface area contributed by atoms with E-state index in [1.54, 1.807) is 0 Å². The first-order valence-corrected chi connectivity index (χ1v) is 7.30. The minimum atomic E-state index is 0.0172. The van der Waals surface area contributed by atoms with Gasteiger partial charge >= 0.3 is 0 Å². The van der Waals surface area contributed by atoms with Crippen LogP contribution in [0.25, 0.3) is 16.6 Å². The summed E-state index contributed by atoms with van der Waals surface area (Å²) in [6.45, 7) is 4.61. The third-order valence-electron chi connectivity index (χ3n) is 4.26. The normalized spacial score (nSPS) is 15.5. The van der Waals surface area contributed by atoms with Crippen LogP contribution in [0.3, 0.4) is 0 Å². The molecule has 0 aliphatic carbocycles. The summed E-state index contributed by atoms with van der Waals surface area (Å²) in [4.78, 5) is 0. The molecular formula is C17H14BrN. The van der Waals surface area contributed by atoms with Gasteiger partial charge in [-0.15, -0.1) is 0 Å². The molecule has 2 heterocycles. The monoisotopic (exact) mass is 311 g/mol. The van der Waals surface area contributed by atoms with Crippen LogP contribution in [0.15, 0.2) is 53.1 Å². The van der Waals surface area contributed by atoms with Crippen LogP contribution in [-0.2, 0) is 5.41 Å². The Morgan fingerprint density at radius 3 is 2.63 bits per heavy atom. The molecule has 0 N–H and O–H groups in total. The highest BCUT2D eigenvalue weighted by Crippen LogP contribution is 2.46. The third kappa shape index (κ3) is 1.30. The minimum Gasteiger partial charge on any atom is -0.316 e. The Morgan fingerprint density at radius 1 is 1.00 bits per heavy atom. The zero-order valence-electron chi connectivity index (χ0n) is 10.9. The van der Waals surface area contributed by atoms with Gasteiger partial charge in [0.05, 0.1) is 5.52 Å². The lowest BCUT2D eigenvalue weighted by Crippen LogP contribution is -2.26. The van der Waals surface area contributed by atoms with Crippen molar-refractivity contribution in [3.8, 4) is 5.69 Å². The lowest BCUT2D eigenvalue weighted by Gasteiger charge is -2.35. The van der Waals surface area contributed by atoms with Gasteiger partial charge in [-0.3, -0.25) is 0 Å². The van der Waals surface area contributed by atoms with Crippen molar-refractivity contribution in [2.45, 2.75) is 19.3 Å². The molecule has 0 atom stereocenters. The third-order valence-corrected chi connectivity index (χ3v) is 4.93. The van der Waals surface area contributed by atoms with Crippen molar-refractivity contribution in [2.75, 3.05) is 0 Å². The smallest absolute Gasteiger partial charge is 0.0580 e. The number of benzene rings is 2. The maximum Gasteiger partial charge on any atom is 0.0580 e. The van der Waals surface area contributed by atoms with E-state index in [1.807, 2.05) is 0 Å². The number of nitrogens with zero attached hydrogens (tertiary/aromatic N) is 1. The lowest BCUT2D eigenvalue weighted by molar-refractivity contribution is 0.625. The summed E-state index contributed by atoms with van der Waals surface area (Å²) in [5, 5.41) is 1.31. The van der Waals surface area contributed by atoms with Gasteiger partial charge in [0.25, 0.3) is 0 Å². The van der Waals surface area contributed by atoms with Gasteiger partial charge in [-0.1, -0.05) is 54.0 Å². The van der Waals surface area contributed by atoms with E-state index < -0.39 is 0 Å². The van der Waals surface area contributed by atoms with Gasteiger partial charge < -0.3 is 4.57 Å². The summed E-state index contributed by atoms with van der Waals surface area (Å²) in [5.41, 5.74) is 5.41. The number of halogens is 1. The molecule has 3 aromatic rings. The van der Waals surface area contributed by atoms with Crippen molar-refractivity contribution in [1.82, 2.24) is 4.57 Å². The average Bonchev–Trinajstić information content (AvgIpc) is 2.81. The molecule has 19 heavy (non-hydrogen) atoms. The maximum absolute atomic E-state index is 3.74. The molecule has 0 spiro atoms. The van der Waals surface area contributed by atoms with Crippen LogP contribution in [0.5, 0.6) is 0 Å². The molecule has 0 saturated heterocycles. The van der Waals surface area contributed by atoms with E-state index in [-0.39, 0.29) is 5.41 Å². The van der Waals surface area contributed by atoms with Gasteiger partial charge in [-0.05, 0) is 23.8 Å². The molecule has 0 saturated carbocycles. The zero-order valence-corrected chi connectivity index (χ0v) is 12.5. The summed E-state index contributed by atoms with van der Waals surface area (Å²) >= 11 is 3.74. The fourth-order valence-electron chi connectivity index (χ4n) is 3.35. The number of fused-ring (bicyclic) bond motifs is 2. The molecule has 0 bridgehead atoms. The number of aromatic nitrogens is 1. The van der Waals surface area contributed by atoms with E-state index in [0.717, 1.165) is 0 Å². The molecule has 1 nitrogen and oxygen atoms in total. The maximum atomic E-state index is 3.74. The first-order chi connectivity index (χ1) is 9.10. The predicted octanol–water partition coefficient (Wildman–Crippen LogP) is 5.03. The van der Waals surface area contributed by atoms with E-state index >= 15 is 0 Å². The number of hydrogen-bond acceptors (Lipinski definition) is 0. The van der Waals surface area contributed by atoms with Crippen molar-refractivity contribution in [3.63, 3.8) is 0 Å². The Bertz CT molecular complexity index is 811. The van der Waals surface area contributed by atoms with Gasteiger partial charge in [0.2, 0.25) is 0 Å². The van der Waals surface area contributed by atoms with E-state index in [4.69, 9.17) is 0 Å². The number of hydrogen-bond donors (Lipinski definition) is 0. The zero-order chi connectivity index (χ0) is 13.2. The van der Waals surface area contributed by atoms with Crippen molar-refractivity contribution < 1.29 is 0 Å². The number of para-hydroxylation sites is 1. The molecule has 0 unspecified atom stereocenters. The molecule has 0 amide bonds. The summed E-state index contributed by atoms with van der Waals surface area (Å²) in [6, 6.07) is 15.2. The fraction of sp³-hybridized carbons (Fsp3) is 0.176. The van der Waals surface area contributed by atoms with E-state index in [0.29, 0.717) is 0 Å². The molecule has 94 valence electrons. The van der Waals surface area contributed by atoms with Crippen LogP contribution < -0.4 is 0 Å². The Kier molecular flexibility index (Phi) is 2.09. The van der Waals surface area contributed by atoms with Gasteiger partial charge in [0, 0.05) is 32.7 Å². The van der Waals surface area contributed by atoms with Crippen LogP contribution in [0.4, 0.5) is 0 Å². The molecule has 0 radical (unpaired) electrons. The largest absolute Gasteiger partial charge is 0.316 e. The highest BCUT2D eigenvalue weighted by atomic mass is 79.9. The van der Waals surface area contributed by atoms with Gasteiger partial charge in [0.1, 0.15) is 0 Å². The second kappa shape index (κ2) is 3.51. The second-order valence-corrected chi connectivity index (χ2v) is 6.54. The quantitative estimate of drug-likeness (QED) is 0.548. The Morgan fingerprint density at radius 2 is 1.79 bits per heavy atom. The Balaban J connectivity index is 2.29.